The number of amidine groups is 1. The van der Waals surface area contributed by atoms with Crippen LogP contribution in [0.4, 0.5) is 0 Å². The van der Waals surface area contributed by atoms with E-state index in [2.05, 4.69) is 22.0 Å². The van der Waals surface area contributed by atoms with Crippen LogP contribution in [0.15, 0.2) is 35.6 Å². The van der Waals surface area contributed by atoms with E-state index in [-0.39, 0.29) is 5.84 Å². The fraction of sp³-hybridized carbons (Fsp3) is 0.438. The van der Waals surface area contributed by atoms with E-state index in [1.165, 1.54) is 43.0 Å². The number of benzene rings is 1. The van der Waals surface area contributed by atoms with E-state index in [1.807, 2.05) is 18.2 Å². The molecule has 106 valence electrons. The highest BCUT2D eigenvalue weighted by Gasteiger charge is 2.15. The van der Waals surface area contributed by atoms with Gasteiger partial charge in [0.2, 0.25) is 0 Å². The van der Waals surface area contributed by atoms with Gasteiger partial charge in [-0.25, -0.2) is 0 Å². The third-order valence-corrected chi connectivity index (χ3v) is 4.36. The summed E-state index contributed by atoms with van der Waals surface area (Å²) in [6.07, 6.45) is 8.92. The van der Waals surface area contributed by atoms with Gasteiger partial charge in [-0.05, 0) is 36.3 Å². The van der Waals surface area contributed by atoms with Crippen LogP contribution >= 0.6 is 0 Å². The predicted octanol–water partition coefficient (Wildman–Crippen LogP) is 3.32. The largest absolute Gasteiger partial charge is 0.409 e. The van der Waals surface area contributed by atoms with E-state index >= 15 is 0 Å². The Hall–Kier alpha value is -1.97. The van der Waals surface area contributed by atoms with Crippen molar-refractivity contribution in [2.24, 2.45) is 16.8 Å². The summed E-state index contributed by atoms with van der Waals surface area (Å²) in [6.45, 7) is 1.07. The van der Waals surface area contributed by atoms with Gasteiger partial charge < -0.3 is 15.5 Å². The summed E-state index contributed by atoms with van der Waals surface area (Å²) in [4.78, 5) is 0. The van der Waals surface area contributed by atoms with Crippen LogP contribution < -0.4 is 5.73 Å². The van der Waals surface area contributed by atoms with Crippen molar-refractivity contribution in [3.8, 4) is 0 Å². The van der Waals surface area contributed by atoms with Gasteiger partial charge in [0.05, 0.1) is 0 Å². The Morgan fingerprint density at radius 2 is 2.05 bits per heavy atom. The molecule has 1 aromatic carbocycles. The van der Waals surface area contributed by atoms with E-state index < -0.39 is 0 Å². The summed E-state index contributed by atoms with van der Waals surface area (Å²) in [6, 6.07) is 8.06. The second-order valence-corrected chi connectivity index (χ2v) is 5.73. The molecule has 1 aromatic heterocycles. The third kappa shape index (κ3) is 2.50. The average Bonchev–Trinajstić information content (AvgIpc) is 2.90. The average molecular weight is 271 g/mol. The van der Waals surface area contributed by atoms with Gasteiger partial charge >= 0.3 is 0 Å². The number of fused-ring (bicyclic) bond motifs is 1. The summed E-state index contributed by atoms with van der Waals surface area (Å²) in [7, 11) is 0. The zero-order valence-corrected chi connectivity index (χ0v) is 11.6. The summed E-state index contributed by atoms with van der Waals surface area (Å²) < 4.78 is 2.31. The standard InChI is InChI=1S/C16H21N3O/c17-16(18-20)14-7-6-13-8-9-19(15(13)10-14)11-12-4-2-1-3-5-12/h6-10,12,20H,1-5,11H2,(H2,17,18). The molecule has 1 saturated carbocycles. The molecule has 4 heteroatoms. The molecule has 1 heterocycles. The first-order chi connectivity index (χ1) is 9.78. The van der Waals surface area contributed by atoms with Crippen molar-refractivity contribution in [2.75, 3.05) is 0 Å². The van der Waals surface area contributed by atoms with Crippen molar-refractivity contribution < 1.29 is 5.21 Å². The maximum absolute atomic E-state index is 8.80. The van der Waals surface area contributed by atoms with Crippen molar-refractivity contribution >= 4 is 16.7 Å². The number of nitrogens with two attached hydrogens (primary N) is 1. The van der Waals surface area contributed by atoms with Crippen molar-refractivity contribution in [2.45, 2.75) is 38.6 Å². The molecule has 1 aliphatic carbocycles. The molecule has 0 aliphatic heterocycles. The highest BCUT2D eigenvalue weighted by Crippen LogP contribution is 2.27. The quantitative estimate of drug-likeness (QED) is 0.389. The molecule has 0 bridgehead atoms. The molecule has 4 nitrogen and oxygen atoms in total. The predicted molar refractivity (Wildman–Crippen MR) is 81.0 cm³/mol. The minimum Gasteiger partial charge on any atom is -0.409 e. The lowest BCUT2D eigenvalue weighted by molar-refractivity contribution is 0.318. The Morgan fingerprint density at radius 3 is 2.80 bits per heavy atom. The van der Waals surface area contributed by atoms with Crippen LogP contribution in [0.1, 0.15) is 37.7 Å². The van der Waals surface area contributed by atoms with Gasteiger partial charge in [-0.3, -0.25) is 0 Å². The Morgan fingerprint density at radius 1 is 1.25 bits per heavy atom. The molecule has 0 spiro atoms. The Kier molecular flexibility index (Phi) is 3.63. The second-order valence-electron chi connectivity index (χ2n) is 5.73. The smallest absolute Gasteiger partial charge is 0.170 e. The molecule has 0 amide bonds. The molecule has 3 N–H and O–H groups in total. The number of rotatable bonds is 3. The molecule has 0 radical (unpaired) electrons. The molecular formula is C16H21N3O. The molecule has 1 fully saturated rings. The van der Waals surface area contributed by atoms with E-state index in [0.717, 1.165) is 18.0 Å². The third-order valence-electron chi connectivity index (χ3n) is 4.36. The molecule has 0 saturated heterocycles. The lowest BCUT2D eigenvalue weighted by Crippen LogP contribution is -2.15. The van der Waals surface area contributed by atoms with E-state index in [9.17, 15) is 0 Å². The Bertz CT molecular complexity index is 624. The number of oxime groups is 1. The van der Waals surface area contributed by atoms with Gasteiger partial charge in [-0.1, -0.05) is 36.6 Å². The second kappa shape index (κ2) is 5.57. The summed E-state index contributed by atoms with van der Waals surface area (Å²) in [5.74, 6) is 0.948. The van der Waals surface area contributed by atoms with Crippen molar-refractivity contribution in [3.63, 3.8) is 0 Å². The molecule has 0 unspecified atom stereocenters. The highest BCUT2D eigenvalue weighted by molar-refractivity contribution is 6.00. The lowest BCUT2D eigenvalue weighted by atomic mass is 9.89. The highest BCUT2D eigenvalue weighted by atomic mass is 16.4. The van der Waals surface area contributed by atoms with Crippen LogP contribution in [-0.2, 0) is 6.54 Å². The molecule has 3 rings (SSSR count). The Balaban J connectivity index is 1.90. The molecule has 20 heavy (non-hydrogen) atoms. The number of aromatic nitrogens is 1. The van der Waals surface area contributed by atoms with Crippen molar-refractivity contribution in [3.05, 3.63) is 36.0 Å². The van der Waals surface area contributed by atoms with Crippen LogP contribution in [0.25, 0.3) is 10.9 Å². The van der Waals surface area contributed by atoms with Gasteiger partial charge in [0, 0.05) is 23.8 Å². The molecular weight excluding hydrogens is 250 g/mol. The van der Waals surface area contributed by atoms with E-state index in [0.29, 0.717) is 0 Å². The SMILES string of the molecule is N/C(=N/O)c1ccc2ccn(CC3CCCCC3)c2c1. The molecule has 2 aromatic rings. The molecule has 0 atom stereocenters. The summed E-state index contributed by atoms with van der Waals surface area (Å²) >= 11 is 0. The van der Waals surface area contributed by atoms with Gasteiger partial charge in [0.1, 0.15) is 0 Å². The number of hydrogen-bond acceptors (Lipinski definition) is 2. The zero-order valence-electron chi connectivity index (χ0n) is 11.6. The lowest BCUT2D eigenvalue weighted by Gasteiger charge is -2.22. The Labute approximate surface area is 118 Å². The number of hydrogen-bond donors (Lipinski definition) is 2. The normalized spacial score (nSPS) is 17.7. The van der Waals surface area contributed by atoms with E-state index in [1.54, 1.807) is 0 Å². The first-order valence-electron chi connectivity index (χ1n) is 7.35. The van der Waals surface area contributed by atoms with Crippen LogP contribution in [0.3, 0.4) is 0 Å². The van der Waals surface area contributed by atoms with Crippen LogP contribution in [0, 0.1) is 5.92 Å². The summed E-state index contributed by atoms with van der Waals surface area (Å²) in [5.41, 5.74) is 7.61. The topological polar surface area (TPSA) is 63.5 Å². The van der Waals surface area contributed by atoms with Gasteiger partial charge in [-0.2, -0.15) is 0 Å². The van der Waals surface area contributed by atoms with E-state index in [4.69, 9.17) is 10.9 Å². The maximum atomic E-state index is 8.80. The first-order valence-corrected chi connectivity index (χ1v) is 7.35. The van der Waals surface area contributed by atoms with Crippen LogP contribution in [0.2, 0.25) is 0 Å². The van der Waals surface area contributed by atoms with Gasteiger partial charge in [-0.15, -0.1) is 0 Å². The fourth-order valence-electron chi connectivity index (χ4n) is 3.21. The first kappa shape index (κ1) is 13.0. The molecule has 1 aliphatic rings. The minimum absolute atomic E-state index is 0.164. The van der Waals surface area contributed by atoms with Crippen LogP contribution in [0.5, 0.6) is 0 Å². The van der Waals surface area contributed by atoms with Crippen molar-refractivity contribution in [1.82, 2.24) is 4.57 Å². The van der Waals surface area contributed by atoms with Gasteiger partial charge in [0.25, 0.3) is 0 Å². The van der Waals surface area contributed by atoms with Crippen LogP contribution in [-0.4, -0.2) is 15.6 Å². The van der Waals surface area contributed by atoms with Crippen molar-refractivity contribution in [1.29, 1.82) is 0 Å². The number of nitrogens with zero attached hydrogens (tertiary/aromatic N) is 2. The maximum Gasteiger partial charge on any atom is 0.170 e. The summed E-state index contributed by atoms with van der Waals surface area (Å²) in [5, 5.41) is 13.1. The fourth-order valence-corrected chi connectivity index (χ4v) is 3.21. The zero-order chi connectivity index (χ0) is 13.9. The van der Waals surface area contributed by atoms with Gasteiger partial charge in [0.15, 0.2) is 5.84 Å². The minimum atomic E-state index is 0.164. The monoisotopic (exact) mass is 271 g/mol.